The van der Waals surface area contributed by atoms with Crippen LogP contribution in [0, 0.1) is 5.92 Å². The fraction of sp³-hybridized carbons (Fsp3) is 0.381. The number of hydrogen-bond acceptors (Lipinski definition) is 3. The van der Waals surface area contributed by atoms with Crippen molar-refractivity contribution in [1.82, 2.24) is 4.90 Å². The molecule has 0 bridgehead atoms. The SMILES string of the molecule is Cl.O=C(O)C1CCCN(CCOC(c2ccc(Cl)c(Cl)c2)c2ccc(Cl)c(Cl)c2)C1. The van der Waals surface area contributed by atoms with Gasteiger partial charge < -0.3 is 14.7 Å². The predicted molar refractivity (Wildman–Crippen MR) is 125 cm³/mol. The van der Waals surface area contributed by atoms with E-state index in [2.05, 4.69) is 4.90 Å². The van der Waals surface area contributed by atoms with Gasteiger partial charge in [0.1, 0.15) is 6.10 Å². The van der Waals surface area contributed by atoms with Crippen LogP contribution in [-0.4, -0.2) is 42.2 Å². The summed E-state index contributed by atoms with van der Waals surface area (Å²) in [5, 5.41) is 11.1. The van der Waals surface area contributed by atoms with E-state index >= 15 is 0 Å². The van der Waals surface area contributed by atoms with Crippen molar-refractivity contribution in [3.63, 3.8) is 0 Å². The van der Waals surface area contributed by atoms with Gasteiger partial charge in [-0.05, 0) is 54.8 Å². The van der Waals surface area contributed by atoms with Crippen LogP contribution in [0.25, 0.3) is 0 Å². The number of ether oxygens (including phenoxy) is 1. The summed E-state index contributed by atoms with van der Waals surface area (Å²) in [6.07, 6.45) is 1.20. The predicted octanol–water partition coefficient (Wildman–Crippen LogP) is 6.62. The zero-order valence-electron chi connectivity index (χ0n) is 16.0. The number of aliphatic carboxylic acids is 1. The smallest absolute Gasteiger partial charge is 0.307 e. The molecule has 0 aromatic heterocycles. The van der Waals surface area contributed by atoms with E-state index in [1.807, 2.05) is 12.1 Å². The van der Waals surface area contributed by atoms with Crippen LogP contribution in [0.1, 0.15) is 30.1 Å². The molecule has 1 unspecified atom stereocenters. The van der Waals surface area contributed by atoms with Gasteiger partial charge in [0.25, 0.3) is 0 Å². The van der Waals surface area contributed by atoms with Crippen LogP contribution in [0.2, 0.25) is 20.1 Å². The van der Waals surface area contributed by atoms with Crippen molar-refractivity contribution in [2.24, 2.45) is 5.92 Å². The van der Waals surface area contributed by atoms with E-state index in [1.165, 1.54) is 0 Å². The molecule has 1 atom stereocenters. The number of carbonyl (C=O) groups is 1. The Hall–Kier alpha value is -0.720. The van der Waals surface area contributed by atoms with Gasteiger partial charge >= 0.3 is 5.97 Å². The van der Waals surface area contributed by atoms with E-state index in [0.29, 0.717) is 39.8 Å². The molecule has 0 amide bonds. The van der Waals surface area contributed by atoms with E-state index < -0.39 is 12.1 Å². The highest BCUT2D eigenvalue weighted by atomic mass is 35.5. The summed E-state index contributed by atoms with van der Waals surface area (Å²) in [5.74, 6) is -1.05. The number of benzene rings is 2. The lowest BCUT2D eigenvalue weighted by molar-refractivity contribution is -0.143. The number of rotatable bonds is 7. The van der Waals surface area contributed by atoms with E-state index in [9.17, 15) is 9.90 Å². The molecule has 30 heavy (non-hydrogen) atoms. The van der Waals surface area contributed by atoms with Crippen LogP contribution in [-0.2, 0) is 9.53 Å². The van der Waals surface area contributed by atoms with Crippen molar-refractivity contribution in [1.29, 1.82) is 0 Å². The second kappa shape index (κ2) is 11.8. The monoisotopic (exact) mass is 511 g/mol. The summed E-state index contributed by atoms with van der Waals surface area (Å²) in [6.45, 7) is 2.49. The molecular formula is C21H22Cl5NO3. The summed E-state index contributed by atoms with van der Waals surface area (Å²) >= 11 is 24.5. The molecule has 0 aliphatic carbocycles. The van der Waals surface area contributed by atoms with Gasteiger partial charge in [-0.1, -0.05) is 58.5 Å². The molecule has 2 aromatic carbocycles. The maximum atomic E-state index is 11.3. The Kier molecular flexibility index (Phi) is 10.0. The first kappa shape index (κ1) is 25.5. The summed E-state index contributed by atoms with van der Waals surface area (Å²) in [6, 6.07) is 10.7. The molecule has 1 aliphatic rings. The first-order valence-corrected chi connectivity index (χ1v) is 10.8. The minimum Gasteiger partial charge on any atom is -0.481 e. The Morgan fingerprint density at radius 3 is 2.10 bits per heavy atom. The fourth-order valence-electron chi connectivity index (χ4n) is 3.50. The molecule has 1 heterocycles. The molecule has 3 rings (SSSR count). The Bertz CT molecular complexity index is 828. The first-order valence-electron chi connectivity index (χ1n) is 9.32. The average molecular weight is 514 g/mol. The average Bonchev–Trinajstić information content (AvgIpc) is 2.70. The van der Waals surface area contributed by atoms with Crippen molar-refractivity contribution < 1.29 is 14.6 Å². The molecule has 0 saturated carbocycles. The van der Waals surface area contributed by atoms with Gasteiger partial charge in [0.15, 0.2) is 0 Å². The molecule has 1 fully saturated rings. The minimum absolute atomic E-state index is 0. The van der Waals surface area contributed by atoms with Crippen molar-refractivity contribution in [2.45, 2.75) is 18.9 Å². The third kappa shape index (κ3) is 6.64. The normalized spacial score (nSPS) is 17.0. The number of likely N-dealkylation sites (tertiary alicyclic amines) is 1. The van der Waals surface area contributed by atoms with Crippen molar-refractivity contribution in [2.75, 3.05) is 26.2 Å². The highest BCUT2D eigenvalue weighted by Crippen LogP contribution is 2.34. The van der Waals surface area contributed by atoms with Gasteiger partial charge in [0, 0.05) is 13.1 Å². The maximum Gasteiger partial charge on any atom is 0.307 e. The summed E-state index contributed by atoms with van der Waals surface area (Å²) < 4.78 is 6.21. The van der Waals surface area contributed by atoms with Crippen LogP contribution in [0.3, 0.4) is 0 Å². The standard InChI is InChI=1S/C21H21Cl4NO3.ClH/c22-16-5-3-13(10-18(16)24)20(14-4-6-17(23)19(25)11-14)29-9-8-26-7-1-2-15(12-26)21(27)28;/h3-6,10-11,15,20H,1-2,7-9,12H2,(H,27,28);1H. The molecule has 1 saturated heterocycles. The lowest BCUT2D eigenvalue weighted by atomic mass is 9.98. The largest absolute Gasteiger partial charge is 0.481 e. The van der Waals surface area contributed by atoms with Crippen LogP contribution in [0.5, 0.6) is 0 Å². The molecule has 4 nitrogen and oxygen atoms in total. The highest BCUT2D eigenvalue weighted by molar-refractivity contribution is 6.42. The summed E-state index contributed by atoms with van der Waals surface area (Å²) in [4.78, 5) is 13.4. The van der Waals surface area contributed by atoms with E-state index in [0.717, 1.165) is 30.5 Å². The Labute approximate surface area is 202 Å². The van der Waals surface area contributed by atoms with Gasteiger partial charge in [0.2, 0.25) is 0 Å². The third-order valence-corrected chi connectivity index (χ3v) is 6.52. The van der Waals surface area contributed by atoms with Crippen LogP contribution >= 0.6 is 58.8 Å². The van der Waals surface area contributed by atoms with Crippen LogP contribution in [0.4, 0.5) is 0 Å². The number of carboxylic acids is 1. The Morgan fingerprint density at radius 1 is 1.03 bits per heavy atom. The quantitative estimate of drug-likeness (QED) is 0.452. The van der Waals surface area contributed by atoms with Crippen molar-refractivity contribution >= 4 is 64.8 Å². The second-order valence-corrected chi connectivity index (χ2v) is 8.70. The van der Waals surface area contributed by atoms with Crippen LogP contribution < -0.4 is 0 Å². The lowest BCUT2D eigenvalue weighted by Crippen LogP contribution is -2.40. The minimum atomic E-state index is -0.736. The summed E-state index contributed by atoms with van der Waals surface area (Å²) in [5.41, 5.74) is 1.69. The molecule has 0 radical (unpaired) electrons. The molecule has 0 spiro atoms. The van der Waals surface area contributed by atoms with Crippen molar-refractivity contribution in [3.05, 3.63) is 67.6 Å². The molecule has 1 N–H and O–H groups in total. The number of piperidine rings is 1. The molecule has 2 aromatic rings. The highest BCUT2D eigenvalue weighted by Gasteiger charge is 2.25. The van der Waals surface area contributed by atoms with Gasteiger partial charge in [-0.15, -0.1) is 12.4 Å². The Morgan fingerprint density at radius 2 is 1.60 bits per heavy atom. The van der Waals surface area contributed by atoms with E-state index in [-0.39, 0.29) is 18.3 Å². The lowest BCUT2D eigenvalue weighted by Gasteiger charge is -2.31. The second-order valence-electron chi connectivity index (χ2n) is 7.08. The maximum absolute atomic E-state index is 11.3. The fourth-order valence-corrected chi connectivity index (χ4v) is 4.11. The first-order chi connectivity index (χ1) is 13.8. The van der Waals surface area contributed by atoms with Gasteiger partial charge in [0.05, 0.1) is 32.6 Å². The zero-order valence-corrected chi connectivity index (χ0v) is 19.8. The molecule has 164 valence electrons. The number of halogens is 5. The number of carboxylic acid groups (broad SMARTS) is 1. The Balaban J connectivity index is 0.00000320. The van der Waals surface area contributed by atoms with Crippen LogP contribution in [0.15, 0.2) is 36.4 Å². The van der Waals surface area contributed by atoms with Gasteiger partial charge in [-0.2, -0.15) is 0 Å². The molecular weight excluding hydrogens is 492 g/mol. The van der Waals surface area contributed by atoms with E-state index in [1.54, 1.807) is 24.3 Å². The van der Waals surface area contributed by atoms with E-state index in [4.69, 9.17) is 51.1 Å². The topological polar surface area (TPSA) is 49.8 Å². The molecule has 9 heteroatoms. The number of nitrogens with zero attached hydrogens (tertiary/aromatic N) is 1. The third-order valence-electron chi connectivity index (χ3n) is 5.04. The zero-order chi connectivity index (χ0) is 21.0. The van der Waals surface area contributed by atoms with Gasteiger partial charge in [-0.25, -0.2) is 0 Å². The van der Waals surface area contributed by atoms with Gasteiger partial charge in [-0.3, -0.25) is 4.79 Å². The van der Waals surface area contributed by atoms with Crippen molar-refractivity contribution in [3.8, 4) is 0 Å². The molecule has 1 aliphatic heterocycles. The summed E-state index contributed by atoms with van der Waals surface area (Å²) in [7, 11) is 0. The number of hydrogen-bond donors (Lipinski definition) is 1.